The minimum Gasteiger partial charge on any atom is -0.492 e. The van der Waals surface area contributed by atoms with E-state index in [2.05, 4.69) is 0 Å². The maximum Gasteiger partial charge on any atom is 0.407 e. The molecular formula is C11H14FNO3. The van der Waals surface area contributed by atoms with Crippen molar-refractivity contribution < 1.29 is 19.0 Å². The maximum absolute atomic E-state index is 12.9. The van der Waals surface area contributed by atoms with E-state index >= 15 is 0 Å². The Labute approximate surface area is 93.3 Å². The van der Waals surface area contributed by atoms with Crippen molar-refractivity contribution in [3.05, 3.63) is 29.6 Å². The minimum absolute atomic E-state index is 0.244. The van der Waals surface area contributed by atoms with Crippen LogP contribution in [0.5, 0.6) is 5.75 Å². The fraction of sp³-hybridized carbons (Fsp3) is 0.364. The third-order valence-corrected chi connectivity index (χ3v) is 2.15. The second-order valence-corrected chi connectivity index (χ2v) is 3.46. The molecule has 0 unspecified atom stereocenters. The molecule has 1 N–H and O–H groups in total. The van der Waals surface area contributed by atoms with Gasteiger partial charge in [0.1, 0.15) is 18.2 Å². The van der Waals surface area contributed by atoms with Gasteiger partial charge in [-0.1, -0.05) is 0 Å². The van der Waals surface area contributed by atoms with E-state index in [4.69, 9.17) is 9.84 Å². The number of aryl methyl sites for hydroxylation is 1. The van der Waals surface area contributed by atoms with Crippen LogP contribution >= 0.6 is 0 Å². The van der Waals surface area contributed by atoms with E-state index in [-0.39, 0.29) is 19.0 Å². The largest absolute Gasteiger partial charge is 0.492 e. The van der Waals surface area contributed by atoms with E-state index < -0.39 is 6.09 Å². The fourth-order valence-electron chi connectivity index (χ4n) is 1.10. The van der Waals surface area contributed by atoms with Crippen LogP contribution in [0.15, 0.2) is 18.2 Å². The van der Waals surface area contributed by atoms with Gasteiger partial charge in [0.2, 0.25) is 0 Å². The Morgan fingerprint density at radius 2 is 2.25 bits per heavy atom. The Hall–Kier alpha value is -1.78. The number of nitrogens with zero attached hydrogens (tertiary/aromatic N) is 1. The van der Waals surface area contributed by atoms with Crippen LogP contribution in [0, 0.1) is 12.7 Å². The molecule has 0 radical (unpaired) electrons. The molecule has 1 amide bonds. The molecule has 5 heteroatoms. The highest BCUT2D eigenvalue weighted by Gasteiger charge is 2.05. The molecule has 16 heavy (non-hydrogen) atoms. The number of carboxylic acid groups (broad SMARTS) is 1. The predicted molar refractivity (Wildman–Crippen MR) is 57.3 cm³/mol. The van der Waals surface area contributed by atoms with Crippen LogP contribution in [-0.2, 0) is 0 Å². The van der Waals surface area contributed by atoms with Gasteiger partial charge in [0, 0.05) is 7.05 Å². The van der Waals surface area contributed by atoms with Crippen molar-refractivity contribution in [1.82, 2.24) is 4.90 Å². The lowest BCUT2D eigenvalue weighted by Gasteiger charge is -2.13. The van der Waals surface area contributed by atoms with E-state index in [9.17, 15) is 9.18 Å². The van der Waals surface area contributed by atoms with Gasteiger partial charge in [-0.05, 0) is 30.7 Å². The summed E-state index contributed by atoms with van der Waals surface area (Å²) in [4.78, 5) is 11.6. The number of halogens is 1. The van der Waals surface area contributed by atoms with Crippen molar-refractivity contribution in [2.45, 2.75) is 6.92 Å². The van der Waals surface area contributed by atoms with Crippen LogP contribution in [0.2, 0.25) is 0 Å². The van der Waals surface area contributed by atoms with Gasteiger partial charge in [-0.15, -0.1) is 0 Å². The maximum atomic E-state index is 12.9. The summed E-state index contributed by atoms with van der Waals surface area (Å²) in [6.07, 6.45) is -1.00. The SMILES string of the molecule is Cc1cc(OCCN(C)C(=O)O)ccc1F. The first-order chi connectivity index (χ1) is 7.50. The molecule has 0 spiro atoms. The lowest BCUT2D eigenvalue weighted by atomic mass is 10.2. The second kappa shape index (κ2) is 5.34. The van der Waals surface area contributed by atoms with Crippen LogP contribution in [0.3, 0.4) is 0 Å². The van der Waals surface area contributed by atoms with Gasteiger partial charge in [-0.25, -0.2) is 9.18 Å². The highest BCUT2D eigenvalue weighted by atomic mass is 19.1. The quantitative estimate of drug-likeness (QED) is 0.857. The number of benzene rings is 1. The summed E-state index contributed by atoms with van der Waals surface area (Å²) in [6, 6.07) is 4.42. The molecule has 0 aromatic heterocycles. The Morgan fingerprint density at radius 3 is 2.81 bits per heavy atom. The molecule has 0 aliphatic heterocycles. The van der Waals surface area contributed by atoms with E-state index in [1.54, 1.807) is 13.0 Å². The molecule has 0 aliphatic carbocycles. The zero-order valence-corrected chi connectivity index (χ0v) is 9.24. The number of likely N-dealkylation sites (N-methyl/N-ethyl adjacent to an activating group) is 1. The van der Waals surface area contributed by atoms with Crippen molar-refractivity contribution >= 4 is 6.09 Å². The highest BCUT2D eigenvalue weighted by Crippen LogP contribution is 2.15. The van der Waals surface area contributed by atoms with E-state index in [1.807, 2.05) is 0 Å². The summed E-state index contributed by atoms with van der Waals surface area (Å²) in [6.45, 7) is 2.16. The molecule has 1 aromatic carbocycles. The molecule has 0 saturated carbocycles. The topological polar surface area (TPSA) is 49.8 Å². The van der Waals surface area contributed by atoms with Crippen molar-refractivity contribution in [1.29, 1.82) is 0 Å². The number of amides is 1. The summed E-state index contributed by atoms with van der Waals surface area (Å²) in [5.74, 6) is 0.257. The molecule has 1 aromatic rings. The summed E-state index contributed by atoms with van der Waals surface area (Å²) in [5, 5.41) is 8.58. The van der Waals surface area contributed by atoms with Gasteiger partial charge in [-0.2, -0.15) is 0 Å². The van der Waals surface area contributed by atoms with Crippen LogP contribution in [0.4, 0.5) is 9.18 Å². The standard InChI is InChI=1S/C11H14FNO3/c1-8-7-9(3-4-10(8)12)16-6-5-13(2)11(14)15/h3-4,7H,5-6H2,1-2H3,(H,14,15). The molecule has 0 bridgehead atoms. The first kappa shape index (κ1) is 12.3. The van der Waals surface area contributed by atoms with E-state index in [1.165, 1.54) is 19.2 Å². The average Bonchev–Trinajstić information content (AvgIpc) is 2.23. The summed E-state index contributed by atoms with van der Waals surface area (Å²) in [5.41, 5.74) is 0.504. The Kier molecular flexibility index (Phi) is 4.10. The van der Waals surface area contributed by atoms with Crippen molar-refractivity contribution in [2.75, 3.05) is 20.2 Å². The van der Waals surface area contributed by atoms with Gasteiger partial charge < -0.3 is 14.7 Å². The first-order valence-electron chi connectivity index (χ1n) is 4.83. The monoisotopic (exact) mass is 227 g/mol. The van der Waals surface area contributed by atoms with Crippen molar-refractivity contribution in [3.8, 4) is 5.75 Å². The molecule has 88 valence electrons. The summed E-state index contributed by atoms with van der Waals surface area (Å²) >= 11 is 0. The van der Waals surface area contributed by atoms with Crippen molar-refractivity contribution in [2.24, 2.45) is 0 Å². The number of rotatable bonds is 4. The number of hydrogen-bond acceptors (Lipinski definition) is 2. The minimum atomic E-state index is -1.00. The lowest BCUT2D eigenvalue weighted by Crippen LogP contribution is -2.29. The Bertz CT molecular complexity index is 381. The van der Waals surface area contributed by atoms with Gasteiger partial charge in [0.15, 0.2) is 0 Å². The van der Waals surface area contributed by atoms with Crippen LogP contribution < -0.4 is 4.74 Å². The van der Waals surface area contributed by atoms with Crippen LogP contribution in [0.1, 0.15) is 5.56 Å². The first-order valence-corrected chi connectivity index (χ1v) is 4.83. The summed E-state index contributed by atoms with van der Waals surface area (Å²) < 4.78 is 18.2. The summed E-state index contributed by atoms with van der Waals surface area (Å²) in [7, 11) is 1.46. The van der Waals surface area contributed by atoms with Crippen molar-refractivity contribution in [3.63, 3.8) is 0 Å². The average molecular weight is 227 g/mol. The second-order valence-electron chi connectivity index (χ2n) is 3.46. The fourth-order valence-corrected chi connectivity index (χ4v) is 1.10. The Morgan fingerprint density at radius 1 is 1.56 bits per heavy atom. The highest BCUT2D eigenvalue weighted by molar-refractivity contribution is 5.64. The molecule has 4 nitrogen and oxygen atoms in total. The zero-order chi connectivity index (χ0) is 12.1. The molecule has 0 atom stereocenters. The number of ether oxygens (including phenoxy) is 1. The third kappa shape index (κ3) is 3.42. The van der Waals surface area contributed by atoms with E-state index in [0.29, 0.717) is 11.3 Å². The molecule has 0 heterocycles. The van der Waals surface area contributed by atoms with Gasteiger partial charge in [0.25, 0.3) is 0 Å². The van der Waals surface area contributed by atoms with Crippen LogP contribution in [0.25, 0.3) is 0 Å². The number of hydrogen-bond donors (Lipinski definition) is 1. The van der Waals surface area contributed by atoms with Gasteiger partial charge in [-0.3, -0.25) is 0 Å². The normalized spacial score (nSPS) is 9.94. The molecule has 1 rings (SSSR count). The van der Waals surface area contributed by atoms with Gasteiger partial charge in [0.05, 0.1) is 6.54 Å². The molecular weight excluding hydrogens is 213 g/mol. The van der Waals surface area contributed by atoms with Crippen LogP contribution in [-0.4, -0.2) is 36.3 Å². The molecule has 0 fully saturated rings. The molecule has 0 saturated heterocycles. The zero-order valence-electron chi connectivity index (χ0n) is 9.24. The molecule has 0 aliphatic rings. The third-order valence-electron chi connectivity index (χ3n) is 2.15. The van der Waals surface area contributed by atoms with Gasteiger partial charge >= 0.3 is 6.09 Å². The smallest absolute Gasteiger partial charge is 0.407 e. The Balaban J connectivity index is 2.43. The predicted octanol–water partition coefficient (Wildman–Crippen LogP) is 2.12. The van der Waals surface area contributed by atoms with E-state index in [0.717, 1.165) is 4.90 Å². The number of carbonyl (C=O) groups is 1. The lowest BCUT2D eigenvalue weighted by molar-refractivity contribution is 0.147.